The molecule has 1 aromatic heterocycles. The van der Waals surface area contributed by atoms with Crippen LogP contribution in [-0.4, -0.2) is 40.1 Å². The lowest BCUT2D eigenvalue weighted by Crippen LogP contribution is -2.33. The number of rotatable bonds is 2. The molecule has 2 atom stereocenters. The van der Waals surface area contributed by atoms with Gasteiger partial charge in [-0.2, -0.15) is 18.3 Å². The molecule has 6 nitrogen and oxygen atoms in total. The van der Waals surface area contributed by atoms with Crippen LogP contribution in [0.4, 0.5) is 13.2 Å². The van der Waals surface area contributed by atoms with Crippen LogP contribution in [0.2, 0.25) is 0 Å². The Hall–Kier alpha value is -2.06. The van der Waals surface area contributed by atoms with E-state index in [1.807, 2.05) is 0 Å². The second-order valence-corrected chi connectivity index (χ2v) is 4.78. The Balaban J connectivity index is 2.43. The summed E-state index contributed by atoms with van der Waals surface area (Å²) >= 11 is 0. The maximum Gasteiger partial charge on any atom is 0.435 e. The molecule has 1 aliphatic heterocycles. The smallest absolute Gasteiger partial charge is 0.369 e. The number of nitrogens with two attached hydrogens (primary N) is 1. The van der Waals surface area contributed by atoms with Gasteiger partial charge in [0.05, 0.1) is 0 Å². The first-order valence-electron chi connectivity index (χ1n) is 5.78. The Labute approximate surface area is 112 Å². The Kier molecular flexibility index (Phi) is 3.23. The van der Waals surface area contributed by atoms with Gasteiger partial charge in [0.2, 0.25) is 11.8 Å². The van der Waals surface area contributed by atoms with Crippen molar-refractivity contribution in [1.82, 2.24) is 14.7 Å². The van der Waals surface area contributed by atoms with Gasteiger partial charge in [-0.05, 0) is 6.07 Å². The molecule has 1 saturated heterocycles. The van der Waals surface area contributed by atoms with Crippen LogP contribution in [0.1, 0.15) is 17.3 Å². The zero-order valence-electron chi connectivity index (χ0n) is 10.8. The summed E-state index contributed by atoms with van der Waals surface area (Å²) in [7, 11) is 2.81. The lowest BCUT2D eigenvalue weighted by Gasteiger charge is -2.13. The molecule has 0 radical (unpaired) electrons. The third kappa shape index (κ3) is 2.23. The highest BCUT2D eigenvalue weighted by molar-refractivity contribution is 6.02. The van der Waals surface area contributed by atoms with E-state index in [0.29, 0.717) is 0 Å². The summed E-state index contributed by atoms with van der Waals surface area (Å²) in [6.07, 6.45) is -4.58. The minimum atomic E-state index is -4.58. The highest BCUT2D eigenvalue weighted by Crippen LogP contribution is 2.36. The molecular formula is C11H13F3N4O2. The van der Waals surface area contributed by atoms with Crippen molar-refractivity contribution in [2.45, 2.75) is 12.1 Å². The molecule has 2 heterocycles. The maximum absolute atomic E-state index is 12.6. The number of nitrogens with zero attached hydrogens (tertiary/aromatic N) is 3. The van der Waals surface area contributed by atoms with E-state index in [0.717, 1.165) is 10.7 Å². The van der Waals surface area contributed by atoms with Crippen LogP contribution in [0.15, 0.2) is 6.07 Å². The first kappa shape index (κ1) is 14.4. The predicted molar refractivity (Wildman–Crippen MR) is 61.3 cm³/mol. The molecule has 0 aromatic carbocycles. The number of aryl methyl sites for hydroxylation is 1. The van der Waals surface area contributed by atoms with Crippen molar-refractivity contribution in [3.05, 3.63) is 17.5 Å². The van der Waals surface area contributed by atoms with Crippen LogP contribution in [0, 0.1) is 5.92 Å². The van der Waals surface area contributed by atoms with Gasteiger partial charge < -0.3 is 10.6 Å². The molecular weight excluding hydrogens is 277 g/mol. The van der Waals surface area contributed by atoms with Crippen molar-refractivity contribution in [2.24, 2.45) is 18.7 Å². The summed E-state index contributed by atoms with van der Waals surface area (Å²) in [5, 5.41) is 3.38. The highest BCUT2D eigenvalue weighted by Gasteiger charge is 2.45. The predicted octanol–water partition coefficient (Wildman–Crippen LogP) is 0.0960. The van der Waals surface area contributed by atoms with E-state index in [1.54, 1.807) is 0 Å². The molecule has 9 heteroatoms. The van der Waals surface area contributed by atoms with Gasteiger partial charge in [-0.25, -0.2) is 0 Å². The quantitative estimate of drug-likeness (QED) is 0.784. The third-order valence-corrected chi connectivity index (χ3v) is 3.41. The minimum Gasteiger partial charge on any atom is -0.369 e. The number of amides is 2. The zero-order valence-corrected chi connectivity index (χ0v) is 10.8. The average molecular weight is 290 g/mol. The van der Waals surface area contributed by atoms with Crippen LogP contribution in [-0.2, 0) is 22.8 Å². The minimum absolute atomic E-state index is 0.128. The standard InChI is InChI=1S/C11H13F3N4O2/c1-17-4-5(8(9(15)19)10(17)20)6-3-7(11(12,13)14)16-18(6)2/h3,5,8H,4H2,1-2H3,(H2,15,19). The fourth-order valence-electron chi connectivity index (χ4n) is 2.45. The van der Waals surface area contributed by atoms with Crippen molar-refractivity contribution in [2.75, 3.05) is 13.6 Å². The van der Waals surface area contributed by atoms with E-state index < -0.39 is 35.5 Å². The molecule has 110 valence electrons. The Morgan fingerprint density at radius 1 is 1.45 bits per heavy atom. The summed E-state index contributed by atoms with van der Waals surface area (Å²) in [6, 6.07) is 0.854. The second kappa shape index (κ2) is 4.50. The summed E-state index contributed by atoms with van der Waals surface area (Å²) < 4.78 is 38.9. The molecule has 1 aliphatic rings. The Morgan fingerprint density at radius 2 is 2.05 bits per heavy atom. The molecule has 0 aliphatic carbocycles. The van der Waals surface area contributed by atoms with E-state index in [9.17, 15) is 22.8 Å². The van der Waals surface area contributed by atoms with Gasteiger partial charge >= 0.3 is 6.18 Å². The Morgan fingerprint density at radius 3 is 2.50 bits per heavy atom. The van der Waals surface area contributed by atoms with Crippen molar-refractivity contribution in [3.8, 4) is 0 Å². The maximum atomic E-state index is 12.6. The summed E-state index contributed by atoms with van der Waals surface area (Å²) in [6.45, 7) is 0.128. The lowest BCUT2D eigenvalue weighted by atomic mass is 9.91. The third-order valence-electron chi connectivity index (χ3n) is 3.41. The van der Waals surface area contributed by atoms with Crippen molar-refractivity contribution in [3.63, 3.8) is 0 Å². The van der Waals surface area contributed by atoms with E-state index in [2.05, 4.69) is 5.10 Å². The molecule has 1 aromatic rings. The van der Waals surface area contributed by atoms with Gasteiger partial charge in [-0.3, -0.25) is 14.3 Å². The van der Waals surface area contributed by atoms with Crippen molar-refractivity contribution >= 4 is 11.8 Å². The fraction of sp³-hybridized carbons (Fsp3) is 0.545. The summed E-state index contributed by atoms with van der Waals surface area (Å²) in [4.78, 5) is 24.5. The Bertz CT molecular complexity index is 567. The monoisotopic (exact) mass is 290 g/mol. The average Bonchev–Trinajstić information content (AvgIpc) is 2.80. The van der Waals surface area contributed by atoms with Crippen LogP contribution >= 0.6 is 0 Å². The van der Waals surface area contributed by atoms with E-state index in [1.165, 1.54) is 19.0 Å². The number of hydrogen-bond acceptors (Lipinski definition) is 3. The van der Waals surface area contributed by atoms with Gasteiger partial charge in [0.1, 0.15) is 5.92 Å². The molecule has 20 heavy (non-hydrogen) atoms. The normalized spacial score (nSPS) is 23.4. The van der Waals surface area contributed by atoms with Crippen LogP contribution in [0.25, 0.3) is 0 Å². The summed E-state index contributed by atoms with van der Waals surface area (Å²) in [5.41, 5.74) is 4.29. The van der Waals surface area contributed by atoms with E-state index >= 15 is 0 Å². The van der Waals surface area contributed by atoms with Gasteiger partial charge in [0.15, 0.2) is 5.69 Å². The zero-order chi connectivity index (χ0) is 15.2. The molecule has 2 amide bonds. The van der Waals surface area contributed by atoms with Crippen molar-refractivity contribution < 1.29 is 22.8 Å². The molecule has 2 unspecified atom stereocenters. The van der Waals surface area contributed by atoms with Crippen LogP contribution in [0.3, 0.4) is 0 Å². The first-order valence-corrected chi connectivity index (χ1v) is 5.78. The number of alkyl halides is 3. The number of aromatic nitrogens is 2. The largest absolute Gasteiger partial charge is 0.435 e. The fourth-order valence-corrected chi connectivity index (χ4v) is 2.45. The van der Waals surface area contributed by atoms with Gasteiger partial charge in [0.25, 0.3) is 0 Å². The van der Waals surface area contributed by atoms with Crippen LogP contribution < -0.4 is 5.73 Å². The topological polar surface area (TPSA) is 81.2 Å². The summed E-state index contributed by atoms with van der Waals surface area (Å²) in [5.74, 6) is -3.22. The van der Waals surface area contributed by atoms with Crippen molar-refractivity contribution in [1.29, 1.82) is 0 Å². The highest BCUT2D eigenvalue weighted by atomic mass is 19.4. The molecule has 0 spiro atoms. The van der Waals surface area contributed by atoms with Gasteiger partial charge in [0, 0.05) is 32.3 Å². The number of carbonyl (C=O) groups excluding carboxylic acids is 2. The van der Waals surface area contributed by atoms with E-state index in [4.69, 9.17) is 5.73 Å². The first-order chi connectivity index (χ1) is 9.12. The molecule has 2 N–H and O–H groups in total. The number of halogens is 3. The van der Waals surface area contributed by atoms with E-state index in [-0.39, 0.29) is 12.2 Å². The SMILES string of the molecule is CN1CC(c2cc(C(F)(F)F)nn2C)C(C(N)=O)C1=O. The molecule has 0 saturated carbocycles. The van der Waals surface area contributed by atoms with Gasteiger partial charge in [-0.1, -0.05) is 0 Å². The van der Waals surface area contributed by atoms with Crippen LogP contribution in [0.5, 0.6) is 0 Å². The lowest BCUT2D eigenvalue weighted by molar-refractivity contribution is -0.141. The molecule has 1 fully saturated rings. The second-order valence-electron chi connectivity index (χ2n) is 4.78. The number of likely N-dealkylation sites (tertiary alicyclic amines) is 1. The molecule has 0 bridgehead atoms. The number of primary amides is 1. The van der Waals surface area contributed by atoms with Gasteiger partial charge in [-0.15, -0.1) is 0 Å². The number of carbonyl (C=O) groups is 2. The molecule has 2 rings (SSSR count). The number of hydrogen-bond donors (Lipinski definition) is 1. The number of likely N-dealkylation sites (N-methyl/N-ethyl adjacent to an activating group) is 1.